The van der Waals surface area contributed by atoms with E-state index in [1.807, 2.05) is 0 Å². The number of hydrogen-bond acceptors (Lipinski definition) is 2. The molecule has 0 radical (unpaired) electrons. The quantitative estimate of drug-likeness (QED) is 0.902. The summed E-state index contributed by atoms with van der Waals surface area (Å²) in [5.41, 5.74) is 8.41. The normalized spacial score (nSPS) is 14.7. The molecule has 0 aromatic heterocycles. The Morgan fingerprint density at radius 1 is 1.05 bits per heavy atom. The molecular weight excluding hydrogens is 256 g/mol. The van der Waals surface area contributed by atoms with Gasteiger partial charge in [-0.2, -0.15) is 0 Å². The minimum Gasteiger partial charge on any atom is -0.366 e. The summed E-state index contributed by atoms with van der Waals surface area (Å²) < 4.78 is 0. The summed E-state index contributed by atoms with van der Waals surface area (Å²) in [5.74, 6) is 0. The maximum Gasteiger partial charge on any atom is 0.0435 e. The minimum atomic E-state index is 0.971. The van der Waals surface area contributed by atoms with Gasteiger partial charge in [-0.05, 0) is 49.1 Å². The van der Waals surface area contributed by atoms with Gasteiger partial charge in [0.1, 0.15) is 0 Å². The van der Waals surface area contributed by atoms with Crippen LogP contribution in [0.25, 0.3) is 0 Å². The van der Waals surface area contributed by atoms with Crippen LogP contribution in [0.4, 0.5) is 5.69 Å². The van der Waals surface area contributed by atoms with Crippen molar-refractivity contribution in [3.05, 3.63) is 64.2 Å². The molecule has 0 unspecified atom stereocenters. The van der Waals surface area contributed by atoms with Crippen LogP contribution in [0.5, 0.6) is 0 Å². The van der Waals surface area contributed by atoms with E-state index < -0.39 is 0 Å². The molecule has 1 heterocycles. The Morgan fingerprint density at radius 2 is 1.76 bits per heavy atom. The lowest BCUT2D eigenvalue weighted by Crippen LogP contribution is -2.28. The van der Waals surface area contributed by atoms with Crippen LogP contribution in [0.3, 0.4) is 0 Å². The van der Waals surface area contributed by atoms with E-state index in [1.165, 1.54) is 33.5 Å². The van der Waals surface area contributed by atoms with Crippen molar-refractivity contribution in [2.75, 3.05) is 18.0 Å². The second kappa shape index (κ2) is 5.90. The molecule has 2 aromatic carbocycles. The van der Waals surface area contributed by atoms with E-state index >= 15 is 0 Å². The smallest absolute Gasteiger partial charge is 0.0435 e. The highest BCUT2D eigenvalue weighted by molar-refractivity contribution is 5.55. The van der Waals surface area contributed by atoms with Crippen LogP contribution < -0.4 is 10.2 Å². The zero-order valence-corrected chi connectivity index (χ0v) is 13.2. The number of hydrogen-bond donors (Lipinski definition) is 1. The number of rotatable bonds is 2. The monoisotopic (exact) mass is 280 g/mol. The maximum absolute atomic E-state index is 3.52. The van der Waals surface area contributed by atoms with E-state index in [4.69, 9.17) is 0 Å². The van der Waals surface area contributed by atoms with Crippen molar-refractivity contribution in [3.63, 3.8) is 0 Å². The molecule has 0 bridgehead atoms. The molecular formula is C19H24N2. The lowest BCUT2D eigenvalue weighted by molar-refractivity contribution is 0.687. The molecule has 0 saturated heterocycles. The fourth-order valence-electron chi connectivity index (χ4n) is 3.34. The molecule has 2 heteroatoms. The third kappa shape index (κ3) is 2.96. The third-order valence-corrected chi connectivity index (χ3v) is 4.40. The molecule has 1 N–H and O–H groups in total. The summed E-state index contributed by atoms with van der Waals surface area (Å²) in [6, 6.07) is 13.4. The number of nitrogens with zero attached hydrogens (tertiary/aromatic N) is 1. The van der Waals surface area contributed by atoms with E-state index in [1.54, 1.807) is 0 Å². The van der Waals surface area contributed by atoms with Gasteiger partial charge in [0, 0.05) is 31.9 Å². The Hall–Kier alpha value is -1.80. The van der Waals surface area contributed by atoms with Gasteiger partial charge in [-0.3, -0.25) is 0 Å². The molecule has 0 spiro atoms. The van der Waals surface area contributed by atoms with Gasteiger partial charge in [0.25, 0.3) is 0 Å². The zero-order chi connectivity index (χ0) is 14.8. The molecule has 0 aliphatic carbocycles. The Balaban J connectivity index is 1.95. The second-order valence-electron chi connectivity index (χ2n) is 6.10. The molecule has 21 heavy (non-hydrogen) atoms. The average molecular weight is 280 g/mol. The molecule has 3 rings (SSSR count). The Morgan fingerprint density at radius 3 is 2.52 bits per heavy atom. The van der Waals surface area contributed by atoms with Crippen LogP contribution in [0.2, 0.25) is 0 Å². The van der Waals surface area contributed by atoms with Gasteiger partial charge in [0.05, 0.1) is 0 Å². The Bertz CT molecular complexity index is 623. The van der Waals surface area contributed by atoms with Crippen LogP contribution in [0, 0.1) is 20.8 Å². The average Bonchev–Trinajstić information content (AvgIpc) is 2.65. The van der Waals surface area contributed by atoms with Gasteiger partial charge in [-0.1, -0.05) is 35.9 Å². The molecule has 1 aliphatic rings. The third-order valence-electron chi connectivity index (χ3n) is 4.40. The van der Waals surface area contributed by atoms with E-state index in [9.17, 15) is 0 Å². The fraction of sp³-hybridized carbons (Fsp3) is 0.368. The zero-order valence-electron chi connectivity index (χ0n) is 13.2. The van der Waals surface area contributed by atoms with E-state index in [0.29, 0.717) is 0 Å². The van der Waals surface area contributed by atoms with Crippen molar-refractivity contribution in [1.29, 1.82) is 0 Å². The van der Waals surface area contributed by atoms with Crippen molar-refractivity contribution in [2.24, 2.45) is 0 Å². The maximum atomic E-state index is 3.52. The molecule has 2 aromatic rings. The molecule has 0 atom stereocenters. The lowest BCUT2D eigenvalue weighted by Gasteiger charge is -2.26. The molecule has 0 saturated carbocycles. The van der Waals surface area contributed by atoms with E-state index in [-0.39, 0.29) is 0 Å². The van der Waals surface area contributed by atoms with Gasteiger partial charge in [-0.25, -0.2) is 0 Å². The highest BCUT2D eigenvalue weighted by Crippen LogP contribution is 2.26. The first-order chi connectivity index (χ1) is 10.1. The topological polar surface area (TPSA) is 15.3 Å². The van der Waals surface area contributed by atoms with Crippen molar-refractivity contribution in [3.8, 4) is 0 Å². The van der Waals surface area contributed by atoms with Crippen molar-refractivity contribution < 1.29 is 0 Å². The Kier molecular flexibility index (Phi) is 3.98. The van der Waals surface area contributed by atoms with Crippen molar-refractivity contribution in [1.82, 2.24) is 5.32 Å². The highest BCUT2D eigenvalue weighted by Gasteiger charge is 2.16. The van der Waals surface area contributed by atoms with Gasteiger partial charge >= 0.3 is 0 Å². The van der Waals surface area contributed by atoms with Crippen LogP contribution in [0.1, 0.15) is 27.8 Å². The van der Waals surface area contributed by atoms with Crippen molar-refractivity contribution >= 4 is 5.69 Å². The van der Waals surface area contributed by atoms with Gasteiger partial charge in [-0.15, -0.1) is 0 Å². The van der Waals surface area contributed by atoms with Crippen molar-refractivity contribution in [2.45, 2.75) is 33.9 Å². The van der Waals surface area contributed by atoms with Crippen LogP contribution in [0.15, 0.2) is 36.4 Å². The van der Waals surface area contributed by atoms with E-state index in [0.717, 1.165) is 26.2 Å². The van der Waals surface area contributed by atoms with Gasteiger partial charge < -0.3 is 10.2 Å². The SMILES string of the molecule is Cc1cc(C)c(CN2CCNCc3ccccc32)c(C)c1. The molecule has 0 amide bonds. The first-order valence-corrected chi connectivity index (χ1v) is 7.75. The first-order valence-electron chi connectivity index (χ1n) is 7.75. The number of benzene rings is 2. The van der Waals surface area contributed by atoms with Crippen LogP contribution in [-0.2, 0) is 13.1 Å². The summed E-state index contributed by atoms with van der Waals surface area (Å²) in [4.78, 5) is 2.51. The summed E-state index contributed by atoms with van der Waals surface area (Å²) in [7, 11) is 0. The highest BCUT2D eigenvalue weighted by atomic mass is 15.2. The summed E-state index contributed by atoms with van der Waals surface area (Å²) in [6.45, 7) is 10.7. The predicted octanol–water partition coefficient (Wildman–Crippen LogP) is 3.72. The summed E-state index contributed by atoms with van der Waals surface area (Å²) in [5, 5.41) is 3.52. The number of anilines is 1. The number of nitrogens with one attached hydrogen (secondary N) is 1. The predicted molar refractivity (Wildman–Crippen MR) is 89.9 cm³/mol. The fourth-order valence-corrected chi connectivity index (χ4v) is 3.34. The van der Waals surface area contributed by atoms with Gasteiger partial charge in [0.2, 0.25) is 0 Å². The number of fused-ring (bicyclic) bond motifs is 1. The minimum absolute atomic E-state index is 0.971. The molecule has 0 fully saturated rings. The van der Waals surface area contributed by atoms with E-state index in [2.05, 4.69) is 67.4 Å². The standard InChI is InChI=1S/C19H24N2/c1-14-10-15(2)18(16(3)11-14)13-21-9-8-20-12-17-6-4-5-7-19(17)21/h4-7,10-11,20H,8-9,12-13H2,1-3H3. The van der Waals surface area contributed by atoms with Gasteiger partial charge in [0.15, 0.2) is 0 Å². The summed E-state index contributed by atoms with van der Waals surface area (Å²) >= 11 is 0. The number of aryl methyl sites for hydroxylation is 3. The second-order valence-corrected chi connectivity index (χ2v) is 6.10. The van der Waals surface area contributed by atoms with Crippen LogP contribution in [-0.4, -0.2) is 13.1 Å². The number of para-hydroxylation sites is 1. The largest absolute Gasteiger partial charge is 0.366 e. The molecule has 110 valence electrons. The molecule has 2 nitrogen and oxygen atoms in total. The Labute approximate surface area is 127 Å². The molecule has 1 aliphatic heterocycles. The first kappa shape index (κ1) is 14.2. The summed E-state index contributed by atoms with van der Waals surface area (Å²) in [6.07, 6.45) is 0. The van der Waals surface area contributed by atoms with Crippen LogP contribution >= 0.6 is 0 Å². The lowest BCUT2D eigenvalue weighted by atomic mass is 9.99.